The standard InChI is InChI=1S/C25H24F4N2O2/c1-13-6-18(3-5-20(13)26)30-22(32)16-2-4-21(27)19(10-16)25(28,29)23(33)31-24-11-14-7-15(12-24)9-17(24)8-14/h2-6,10,14-15,17H,7-9,11-12H2,1H3,(H,30,32)(H,31,33)/t14-,15+,17-,24+. The third-order valence-corrected chi connectivity index (χ3v) is 7.62. The fourth-order valence-corrected chi connectivity index (χ4v) is 6.26. The molecule has 4 aliphatic carbocycles. The van der Waals surface area contributed by atoms with Crippen LogP contribution in [0.1, 0.15) is 53.6 Å². The summed E-state index contributed by atoms with van der Waals surface area (Å²) in [5, 5.41) is 5.07. The summed E-state index contributed by atoms with van der Waals surface area (Å²) < 4.78 is 58.2. The zero-order valence-electron chi connectivity index (χ0n) is 18.1. The van der Waals surface area contributed by atoms with Crippen LogP contribution in [0.2, 0.25) is 0 Å². The largest absolute Gasteiger partial charge is 0.352 e. The summed E-state index contributed by atoms with van der Waals surface area (Å²) in [6.07, 6.45) is 4.35. The second-order valence-electron chi connectivity index (χ2n) is 9.84. The minimum atomic E-state index is -4.14. The Morgan fingerprint density at radius 1 is 0.970 bits per heavy atom. The number of hydrogen-bond acceptors (Lipinski definition) is 2. The normalized spacial score (nSPS) is 27.6. The molecule has 6 rings (SSSR count). The van der Waals surface area contributed by atoms with Crippen molar-refractivity contribution in [3.05, 3.63) is 64.7 Å². The van der Waals surface area contributed by atoms with E-state index in [1.165, 1.54) is 25.1 Å². The van der Waals surface area contributed by atoms with Gasteiger partial charge in [0.25, 0.3) is 11.8 Å². The lowest BCUT2D eigenvalue weighted by atomic mass is 9.80. The molecule has 2 N–H and O–H groups in total. The summed E-state index contributed by atoms with van der Waals surface area (Å²) in [5.74, 6) is -7.05. The van der Waals surface area contributed by atoms with Gasteiger partial charge in [-0.05, 0) is 98.7 Å². The van der Waals surface area contributed by atoms with Crippen molar-refractivity contribution in [1.82, 2.24) is 5.32 Å². The number of carbonyl (C=O) groups excluding carboxylic acids is 2. The van der Waals surface area contributed by atoms with E-state index in [4.69, 9.17) is 0 Å². The van der Waals surface area contributed by atoms with Crippen LogP contribution in [-0.2, 0) is 10.7 Å². The van der Waals surface area contributed by atoms with Crippen molar-refractivity contribution in [2.45, 2.75) is 50.5 Å². The van der Waals surface area contributed by atoms with Gasteiger partial charge in [-0.1, -0.05) is 0 Å². The molecule has 4 nitrogen and oxygen atoms in total. The Hall–Kier alpha value is -2.90. The first-order chi connectivity index (χ1) is 15.6. The zero-order chi connectivity index (χ0) is 23.5. The Bertz CT molecular complexity index is 1140. The van der Waals surface area contributed by atoms with E-state index in [0.717, 1.165) is 31.4 Å². The van der Waals surface area contributed by atoms with Crippen molar-refractivity contribution in [2.24, 2.45) is 17.8 Å². The molecule has 2 amide bonds. The molecule has 4 bridgehead atoms. The molecule has 0 unspecified atom stereocenters. The number of aryl methyl sites for hydroxylation is 1. The van der Waals surface area contributed by atoms with E-state index in [1.54, 1.807) is 0 Å². The van der Waals surface area contributed by atoms with Crippen LogP contribution in [0.15, 0.2) is 36.4 Å². The third kappa shape index (κ3) is 3.69. The summed E-state index contributed by atoms with van der Waals surface area (Å²) in [7, 11) is 0. The molecule has 0 aromatic heterocycles. The molecule has 4 saturated carbocycles. The lowest BCUT2D eigenvalue weighted by Crippen LogP contribution is -2.54. The van der Waals surface area contributed by atoms with E-state index < -0.39 is 40.5 Å². The first-order valence-corrected chi connectivity index (χ1v) is 11.2. The molecule has 0 saturated heterocycles. The third-order valence-electron chi connectivity index (χ3n) is 7.62. The van der Waals surface area contributed by atoms with Gasteiger partial charge in [-0.3, -0.25) is 9.59 Å². The lowest BCUT2D eigenvalue weighted by Gasteiger charge is -2.35. The molecule has 4 aliphatic rings. The van der Waals surface area contributed by atoms with E-state index in [1.807, 2.05) is 0 Å². The van der Waals surface area contributed by atoms with Crippen LogP contribution < -0.4 is 10.6 Å². The Kier molecular flexibility index (Phi) is 5.03. The van der Waals surface area contributed by atoms with Crippen LogP contribution in [-0.4, -0.2) is 17.4 Å². The number of hydrogen-bond donors (Lipinski definition) is 2. The van der Waals surface area contributed by atoms with Crippen LogP contribution in [0.25, 0.3) is 0 Å². The Morgan fingerprint density at radius 3 is 2.30 bits per heavy atom. The first-order valence-electron chi connectivity index (χ1n) is 11.2. The van der Waals surface area contributed by atoms with Crippen LogP contribution >= 0.6 is 0 Å². The maximum atomic E-state index is 15.2. The molecular formula is C25H24F4N2O2. The number of halogens is 4. The predicted molar refractivity (Wildman–Crippen MR) is 114 cm³/mol. The Balaban J connectivity index is 1.37. The predicted octanol–water partition coefficient (Wildman–Crippen LogP) is 5.31. The van der Waals surface area contributed by atoms with Crippen molar-refractivity contribution in [3.8, 4) is 0 Å². The average Bonchev–Trinajstić information content (AvgIpc) is 3.13. The monoisotopic (exact) mass is 460 g/mol. The fourth-order valence-electron chi connectivity index (χ4n) is 6.26. The van der Waals surface area contributed by atoms with Gasteiger partial charge < -0.3 is 10.6 Å². The first kappa shape index (κ1) is 21.9. The Morgan fingerprint density at radius 2 is 1.64 bits per heavy atom. The lowest BCUT2D eigenvalue weighted by molar-refractivity contribution is -0.150. The molecule has 0 radical (unpaired) electrons. The molecule has 0 spiro atoms. The highest BCUT2D eigenvalue weighted by Gasteiger charge is 2.60. The van der Waals surface area contributed by atoms with Gasteiger partial charge in [0.15, 0.2) is 0 Å². The van der Waals surface area contributed by atoms with Gasteiger partial charge >= 0.3 is 5.92 Å². The summed E-state index contributed by atoms with van der Waals surface area (Å²) in [4.78, 5) is 25.3. The van der Waals surface area contributed by atoms with Gasteiger partial charge in [0.2, 0.25) is 0 Å². The van der Waals surface area contributed by atoms with Crippen LogP contribution in [0.3, 0.4) is 0 Å². The number of benzene rings is 2. The van der Waals surface area contributed by atoms with Gasteiger partial charge in [0.05, 0.1) is 5.56 Å². The molecule has 33 heavy (non-hydrogen) atoms. The van der Waals surface area contributed by atoms with E-state index in [-0.39, 0.29) is 17.2 Å². The highest BCUT2D eigenvalue weighted by molar-refractivity contribution is 6.04. The Labute approximate surface area is 188 Å². The molecular weight excluding hydrogens is 436 g/mol. The minimum Gasteiger partial charge on any atom is -0.345 e. The highest BCUT2D eigenvalue weighted by atomic mass is 19.3. The van der Waals surface area contributed by atoms with Gasteiger partial charge in [-0.15, -0.1) is 0 Å². The van der Waals surface area contributed by atoms with E-state index in [0.29, 0.717) is 36.3 Å². The van der Waals surface area contributed by atoms with Crippen molar-refractivity contribution in [3.63, 3.8) is 0 Å². The second kappa shape index (κ2) is 7.57. The van der Waals surface area contributed by atoms with Crippen molar-refractivity contribution < 1.29 is 27.2 Å². The molecule has 8 heteroatoms. The number of alkyl halides is 2. The molecule has 0 heterocycles. The van der Waals surface area contributed by atoms with Gasteiger partial charge in [0, 0.05) is 16.8 Å². The summed E-state index contributed by atoms with van der Waals surface area (Å²) in [5.41, 5.74) is -1.44. The van der Waals surface area contributed by atoms with Crippen LogP contribution in [0.5, 0.6) is 0 Å². The number of amides is 2. The number of rotatable bonds is 5. The van der Waals surface area contributed by atoms with Gasteiger partial charge in [-0.2, -0.15) is 8.78 Å². The van der Waals surface area contributed by atoms with E-state index in [2.05, 4.69) is 10.6 Å². The fraction of sp³-hybridized carbons (Fsp3) is 0.440. The molecule has 174 valence electrons. The van der Waals surface area contributed by atoms with Gasteiger partial charge in [-0.25, -0.2) is 8.78 Å². The van der Waals surface area contributed by atoms with E-state index in [9.17, 15) is 18.4 Å². The highest BCUT2D eigenvalue weighted by Crippen LogP contribution is 2.60. The maximum absolute atomic E-state index is 15.2. The molecule has 4 atom stereocenters. The topological polar surface area (TPSA) is 58.2 Å². The molecule has 0 aliphatic heterocycles. The smallest absolute Gasteiger partial charge is 0.345 e. The number of nitrogens with one attached hydrogen (secondary N) is 2. The average molecular weight is 460 g/mol. The van der Waals surface area contributed by atoms with Crippen LogP contribution in [0.4, 0.5) is 23.2 Å². The minimum absolute atomic E-state index is 0.196. The van der Waals surface area contributed by atoms with Crippen molar-refractivity contribution in [1.29, 1.82) is 0 Å². The number of carbonyl (C=O) groups is 2. The zero-order valence-corrected chi connectivity index (χ0v) is 18.1. The summed E-state index contributed by atoms with van der Waals surface area (Å²) in [6, 6.07) is 6.41. The van der Waals surface area contributed by atoms with E-state index >= 15 is 8.78 Å². The summed E-state index contributed by atoms with van der Waals surface area (Å²) >= 11 is 0. The molecule has 4 fully saturated rings. The summed E-state index contributed by atoms with van der Waals surface area (Å²) in [6.45, 7) is 1.52. The maximum Gasteiger partial charge on any atom is 0.352 e. The van der Waals surface area contributed by atoms with Crippen molar-refractivity contribution in [2.75, 3.05) is 5.32 Å². The van der Waals surface area contributed by atoms with Crippen molar-refractivity contribution >= 4 is 17.5 Å². The SMILES string of the molecule is Cc1cc(NC(=O)c2ccc(F)c(C(F)(F)C(=O)N[C@]34C[C@@H]5C[C@@H](C[C@H]3C5)C4)c2)ccc1F. The quantitative estimate of drug-likeness (QED) is 0.594. The number of anilines is 1. The van der Waals surface area contributed by atoms with Gasteiger partial charge in [0.1, 0.15) is 11.6 Å². The molecule has 2 aromatic carbocycles. The van der Waals surface area contributed by atoms with Crippen LogP contribution in [0, 0.1) is 36.3 Å². The second-order valence-corrected chi connectivity index (χ2v) is 9.84. The molecule has 2 aromatic rings.